The summed E-state index contributed by atoms with van der Waals surface area (Å²) in [5.74, 6) is 2.74. The van der Waals surface area contributed by atoms with Gasteiger partial charge in [0.2, 0.25) is 0 Å². The number of aryl methyl sites for hydroxylation is 2. The maximum absolute atomic E-state index is 2.71. The Morgan fingerprint density at radius 1 is 0.714 bits per heavy atom. The van der Waals surface area contributed by atoms with Crippen molar-refractivity contribution in [3.05, 3.63) is 120 Å². The highest BCUT2D eigenvalue weighted by atomic mass is 31.1. The van der Waals surface area contributed by atoms with Crippen molar-refractivity contribution < 1.29 is 0 Å². The zero-order chi connectivity index (χ0) is 30.9. The van der Waals surface area contributed by atoms with Crippen LogP contribution in [0.15, 0.2) is 109 Å². The molecule has 0 N–H and O–H groups in total. The Bertz CT molecular complexity index is 1180. The molecule has 1 fully saturated rings. The minimum absolute atomic E-state index is 0.851. The average Bonchev–Trinajstić information content (AvgIpc) is 2.95. The van der Waals surface area contributed by atoms with E-state index in [9.17, 15) is 0 Å². The Hall–Kier alpha value is -2.03. The second-order valence-corrected chi connectivity index (χ2v) is 14.9. The summed E-state index contributed by atoms with van der Waals surface area (Å²) in [6.45, 7) is 11.5. The summed E-state index contributed by atoms with van der Waals surface area (Å²) in [7, 11) is 10.5. The molecule has 0 heterocycles. The first-order chi connectivity index (χ1) is 20.1. The zero-order valence-electron chi connectivity index (χ0n) is 26.9. The molecule has 6 atom stereocenters. The highest BCUT2D eigenvalue weighted by Crippen LogP contribution is 2.42. The van der Waals surface area contributed by atoms with Gasteiger partial charge < -0.3 is 4.90 Å². The summed E-state index contributed by atoms with van der Waals surface area (Å²) in [6.07, 6.45) is 4.33. The fraction of sp³-hybridized carbons (Fsp3) is 0.368. The summed E-state index contributed by atoms with van der Waals surface area (Å²) in [5.41, 5.74) is 4.86. The van der Waals surface area contributed by atoms with Crippen molar-refractivity contribution in [3.63, 3.8) is 0 Å². The van der Waals surface area contributed by atoms with Crippen LogP contribution < -0.4 is 20.8 Å². The Balaban J connectivity index is 0.000000211. The van der Waals surface area contributed by atoms with Crippen LogP contribution in [0.5, 0.6) is 0 Å². The van der Waals surface area contributed by atoms with Crippen LogP contribution in [0.4, 0.5) is 5.69 Å². The monoisotopic (exact) mass is 617 g/mol. The van der Waals surface area contributed by atoms with E-state index in [2.05, 4.69) is 119 Å². The summed E-state index contributed by atoms with van der Waals surface area (Å²) in [5, 5.41) is 4.07. The highest BCUT2D eigenvalue weighted by molar-refractivity contribution is 7.48. The van der Waals surface area contributed by atoms with E-state index in [1.807, 2.05) is 62.6 Å². The average molecular weight is 618 g/mol. The number of nitrogens with zero attached hydrogens (tertiary/aromatic N) is 1. The van der Waals surface area contributed by atoms with E-state index in [-0.39, 0.29) is 0 Å². The Morgan fingerprint density at radius 3 is 1.67 bits per heavy atom. The van der Waals surface area contributed by atoms with Crippen molar-refractivity contribution in [2.45, 2.75) is 59.5 Å². The molecule has 0 aromatic heterocycles. The van der Waals surface area contributed by atoms with Gasteiger partial charge in [0.25, 0.3) is 0 Å². The minimum Gasteiger partial charge on any atom is -0.377 e. The summed E-state index contributed by atoms with van der Waals surface area (Å²) in [4.78, 5) is 2.10. The smallest absolute Gasteiger partial charge is 0.0433 e. The lowest BCUT2D eigenvalue weighted by Gasteiger charge is -2.37. The molecule has 0 aliphatic heterocycles. The number of anilines is 1. The van der Waals surface area contributed by atoms with Gasteiger partial charge >= 0.3 is 0 Å². The maximum Gasteiger partial charge on any atom is 0.0433 e. The Kier molecular flexibility index (Phi) is 17.2. The van der Waals surface area contributed by atoms with Gasteiger partial charge in [-0.1, -0.05) is 150 Å². The molecule has 1 aliphatic rings. The zero-order valence-corrected chi connectivity index (χ0v) is 30.2. The van der Waals surface area contributed by atoms with Gasteiger partial charge in [-0.3, -0.25) is 0 Å². The van der Waals surface area contributed by atoms with Gasteiger partial charge in [-0.25, -0.2) is 0 Å². The van der Waals surface area contributed by atoms with Gasteiger partial charge in [-0.15, -0.1) is 18.5 Å². The number of rotatable bonds is 4. The number of hydrogen-bond donors (Lipinski definition) is 0. The lowest BCUT2D eigenvalue weighted by atomic mass is 9.77. The molecule has 42 heavy (non-hydrogen) atoms. The number of hydrogen-bond acceptors (Lipinski definition) is 1. The molecule has 1 saturated carbocycles. The van der Waals surface area contributed by atoms with E-state index >= 15 is 0 Å². The van der Waals surface area contributed by atoms with Crippen molar-refractivity contribution in [2.75, 3.05) is 19.0 Å². The molecule has 5 rings (SSSR count). The molecule has 0 saturated heterocycles. The summed E-state index contributed by atoms with van der Waals surface area (Å²) < 4.78 is 0. The lowest BCUT2D eigenvalue weighted by Crippen LogP contribution is -2.30. The maximum atomic E-state index is 2.71. The third-order valence-electron chi connectivity index (χ3n) is 7.48. The van der Waals surface area contributed by atoms with E-state index in [4.69, 9.17) is 0 Å². The first kappa shape index (κ1) is 36.2. The van der Waals surface area contributed by atoms with Gasteiger partial charge in [-0.05, 0) is 72.1 Å². The second kappa shape index (κ2) is 20.0. The van der Waals surface area contributed by atoms with Crippen LogP contribution in [0.25, 0.3) is 0 Å². The van der Waals surface area contributed by atoms with Gasteiger partial charge in [-0.2, -0.15) is 0 Å². The van der Waals surface area contributed by atoms with E-state index in [0.29, 0.717) is 0 Å². The normalized spacial score (nSPS) is 17.7. The molecule has 4 unspecified atom stereocenters. The molecular weight excluding hydrogens is 563 g/mol. The lowest BCUT2D eigenvalue weighted by molar-refractivity contribution is 0.243. The Morgan fingerprint density at radius 2 is 1.21 bits per heavy atom. The second-order valence-electron chi connectivity index (χ2n) is 12.0. The van der Waals surface area contributed by atoms with Crippen LogP contribution in [-0.2, 0) is 0 Å². The van der Waals surface area contributed by atoms with E-state index in [0.717, 1.165) is 32.0 Å². The first-order valence-corrected chi connectivity index (χ1v) is 17.5. The van der Waals surface area contributed by atoms with Gasteiger partial charge in [0, 0.05) is 19.8 Å². The molecule has 1 aliphatic carbocycles. The van der Waals surface area contributed by atoms with Crippen molar-refractivity contribution in [1.29, 1.82) is 0 Å². The minimum atomic E-state index is 0.851. The standard InChI is InChI=1S/C16H25P.C8H12NP.C8H11P.C6H6/c1-12(2)15-10-9-13(3)11-16(15)17-14-7-5-4-6-8-14;1-9(2)7-5-3-4-6-8(7)10;1-6-3-7(2)5-8(9)4-6;1-2-4-6-5-3-1/h4-8,12-13,15-17H,9-11H2,1-3H3;3-6H,10H2,1-2H3;3-5H,9H2,1-2H3;1-6H/t13?,15-,16-;;;/m0.../s1. The predicted octanol–water partition coefficient (Wildman–Crippen LogP) is 9.19. The van der Waals surface area contributed by atoms with Crippen LogP contribution >= 0.6 is 27.1 Å². The highest BCUT2D eigenvalue weighted by Gasteiger charge is 2.30. The van der Waals surface area contributed by atoms with E-state index < -0.39 is 0 Å². The molecule has 0 spiro atoms. The molecule has 0 amide bonds. The SMILES string of the molecule is CC1CC[C@@H](C(C)C)[C@@H](Pc2ccccc2)C1.CN(C)c1ccccc1P.Cc1cc(C)cc(P)c1.c1ccccc1. The van der Waals surface area contributed by atoms with Crippen LogP contribution in [-0.4, -0.2) is 19.8 Å². The first-order valence-electron chi connectivity index (χ1n) is 15.2. The van der Waals surface area contributed by atoms with Gasteiger partial charge in [0.1, 0.15) is 0 Å². The quantitative estimate of drug-likeness (QED) is 0.207. The molecule has 4 aromatic carbocycles. The van der Waals surface area contributed by atoms with Crippen molar-refractivity contribution >= 4 is 48.7 Å². The third-order valence-corrected chi connectivity index (χ3v) is 10.0. The van der Waals surface area contributed by atoms with Crippen LogP contribution in [0.2, 0.25) is 0 Å². The molecule has 0 bridgehead atoms. The van der Waals surface area contributed by atoms with Gasteiger partial charge in [0.15, 0.2) is 0 Å². The fourth-order valence-electron chi connectivity index (χ4n) is 5.41. The summed E-state index contributed by atoms with van der Waals surface area (Å²) >= 11 is 0. The van der Waals surface area contributed by atoms with Gasteiger partial charge in [0.05, 0.1) is 0 Å². The van der Waals surface area contributed by atoms with Crippen molar-refractivity contribution in [3.8, 4) is 0 Å². The molecule has 226 valence electrons. The van der Waals surface area contributed by atoms with Crippen LogP contribution in [0, 0.1) is 31.6 Å². The van der Waals surface area contributed by atoms with E-state index in [1.165, 1.54) is 46.7 Å². The predicted molar refractivity (Wildman–Crippen MR) is 201 cm³/mol. The van der Waals surface area contributed by atoms with Crippen LogP contribution in [0.1, 0.15) is 51.2 Å². The van der Waals surface area contributed by atoms with Crippen molar-refractivity contribution in [1.82, 2.24) is 0 Å². The third kappa shape index (κ3) is 14.4. The summed E-state index contributed by atoms with van der Waals surface area (Å²) in [6, 6.07) is 37.8. The topological polar surface area (TPSA) is 3.24 Å². The number of benzene rings is 4. The molecule has 1 nitrogen and oxygen atoms in total. The number of para-hydroxylation sites is 1. The van der Waals surface area contributed by atoms with Crippen molar-refractivity contribution in [2.24, 2.45) is 17.8 Å². The van der Waals surface area contributed by atoms with Crippen LogP contribution in [0.3, 0.4) is 0 Å². The largest absolute Gasteiger partial charge is 0.377 e. The Labute approximate surface area is 264 Å². The fourth-order valence-corrected chi connectivity index (χ4v) is 8.50. The molecule has 0 radical (unpaired) electrons. The molecular formula is C38H54NP3. The van der Waals surface area contributed by atoms with E-state index in [1.54, 1.807) is 5.30 Å². The molecule has 4 aromatic rings. The molecule has 4 heteroatoms.